The lowest BCUT2D eigenvalue weighted by Crippen LogP contribution is -2.55. The standard InChI is InChI=1S/C19H37N3O4/c1-13(2)10-11-16(23)20-22(12-14(3)4)17(24)15(5)21(9)18(25)26-19(6,7)8/h13-15H,10-12H2,1-9H3,(H,20,23)/t15-/m0/s1. The van der Waals surface area contributed by atoms with Gasteiger partial charge in [-0.2, -0.15) is 0 Å². The number of nitrogens with zero attached hydrogens (tertiary/aromatic N) is 2. The van der Waals surface area contributed by atoms with Gasteiger partial charge >= 0.3 is 6.09 Å². The molecule has 0 radical (unpaired) electrons. The van der Waals surface area contributed by atoms with Gasteiger partial charge in [0.2, 0.25) is 5.91 Å². The fourth-order valence-corrected chi connectivity index (χ4v) is 2.07. The summed E-state index contributed by atoms with van der Waals surface area (Å²) in [5.74, 6) is 0.0420. The quantitative estimate of drug-likeness (QED) is 0.697. The van der Waals surface area contributed by atoms with E-state index in [9.17, 15) is 14.4 Å². The largest absolute Gasteiger partial charge is 0.444 e. The first-order valence-electron chi connectivity index (χ1n) is 9.31. The lowest BCUT2D eigenvalue weighted by Gasteiger charge is -2.32. The van der Waals surface area contributed by atoms with E-state index in [4.69, 9.17) is 4.74 Å². The summed E-state index contributed by atoms with van der Waals surface area (Å²) in [4.78, 5) is 38.4. The Morgan fingerprint density at radius 2 is 1.54 bits per heavy atom. The third-order valence-electron chi connectivity index (χ3n) is 3.64. The number of rotatable bonds is 7. The Labute approximate surface area is 158 Å². The maximum atomic E-state index is 12.8. The first kappa shape index (κ1) is 24.2. The van der Waals surface area contributed by atoms with Crippen molar-refractivity contribution in [2.75, 3.05) is 13.6 Å². The smallest absolute Gasteiger partial charge is 0.410 e. The Morgan fingerprint density at radius 3 is 1.96 bits per heavy atom. The van der Waals surface area contributed by atoms with E-state index < -0.39 is 17.7 Å². The Kier molecular flexibility index (Phi) is 9.67. The number of hydrogen-bond donors (Lipinski definition) is 1. The minimum atomic E-state index is -0.756. The molecule has 0 unspecified atom stereocenters. The fourth-order valence-electron chi connectivity index (χ4n) is 2.07. The molecule has 0 aliphatic heterocycles. The van der Waals surface area contributed by atoms with E-state index >= 15 is 0 Å². The number of hydrogen-bond acceptors (Lipinski definition) is 4. The zero-order valence-electron chi connectivity index (χ0n) is 17.9. The number of likely N-dealkylation sites (N-methyl/N-ethyl adjacent to an activating group) is 1. The molecular weight excluding hydrogens is 334 g/mol. The van der Waals surface area contributed by atoms with Crippen molar-refractivity contribution in [3.05, 3.63) is 0 Å². The third-order valence-corrected chi connectivity index (χ3v) is 3.64. The molecule has 3 amide bonds. The van der Waals surface area contributed by atoms with E-state index in [-0.39, 0.29) is 17.7 Å². The molecule has 0 saturated carbocycles. The van der Waals surface area contributed by atoms with Crippen molar-refractivity contribution in [3.63, 3.8) is 0 Å². The predicted octanol–water partition coefficient (Wildman–Crippen LogP) is 3.19. The van der Waals surface area contributed by atoms with Gasteiger partial charge in [0.05, 0.1) is 0 Å². The maximum absolute atomic E-state index is 12.8. The number of ether oxygens (including phenoxy) is 1. The van der Waals surface area contributed by atoms with E-state index in [1.165, 1.54) is 17.0 Å². The average molecular weight is 372 g/mol. The number of amides is 3. The van der Waals surface area contributed by atoms with Gasteiger partial charge in [0.25, 0.3) is 5.91 Å². The van der Waals surface area contributed by atoms with Crippen LogP contribution in [-0.2, 0) is 14.3 Å². The maximum Gasteiger partial charge on any atom is 0.410 e. The van der Waals surface area contributed by atoms with Crippen molar-refractivity contribution in [3.8, 4) is 0 Å². The van der Waals surface area contributed by atoms with Gasteiger partial charge in [-0.05, 0) is 46.0 Å². The van der Waals surface area contributed by atoms with Gasteiger partial charge in [0.1, 0.15) is 11.6 Å². The van der Waals surface area contributed by atoms with E-state index in [1.807, 2.05) is 27.7 Å². The Hall–Kier alpha value is -1.79. The van der Waals surface area contributed by atoms with Gasteiger partial charge in [-0.1, -0.05) is 27.7 Å². The second kappa shape index (κ2) is 10.4. The summed E-state index contributed by atoms with van der Waals surface area (Å²) < 4.78 is 5.31. The molecule has 0 rings (SSSR count). The number of carbonyl (C=O) groups excluding carboxylic acids is 3. The minimum absolute atomic E-state index is 0.170. The van der Waals surface area contributed by atoms with Crippen LogP contribution < -0.4 is 5.43 Å². The molecule has 26 heavy (non-hydrogen) atoms. The molecule has 0 heterocycles. The molecule has 0 bridgehead atoms. The topological polar surface area (TPSA) is 79.0 Å². The summed E-state index contributed by atoms with van der Waals surface area (Å²) in [6, 6.07) is -0.756. The summed E-state index contributed by atoms with van der Waals surface area (Å²) in [7, 11) is 1.52. The first-order valence-corrected chi connectivity index (χ1v) is 9.31. The van der Waals surface area contributed by atoms with Crippen LogP contribution in [0.15, 0.2) is 0 Å². The fraction of sp³-hybridized carbons (Fsp3) is 0.842. The molecule has 0 fully saturated rings. The van der Waals surface area contributed by atoms with Crippen LogP contribution in [0.3, 0.4) is 0 Å². The normalized spacial score (nSPS) is 12.7. The van der Waals surface area contributed by atoms with Crippen molar-refractivity contribution < 1.29 is 19.1 Å². The van der Waals surface area contributed by atoms with Crippen LogP contribution in [0.25, 0.3) is 0 Å². The number of carbonyl (C=O) groups is 3. The second-order valence-electron chi connectivity index (χ2n) is 8.58. The van der Waals surface area contributed by atoms with Crippen LogP contribution in [0.1, 0.15) is 68.2 Å². The van der Waals surface area contributed by atoms with E-state index in [1.54, 1.807) is 27.7 Å². The van der Waals surface area contributed by atoms with Gasteiger partial charge in [0, 0.05) is 20.0 Å². The van der Waals surface area contributed by atoms with Gasteiger partial charge in [-0.3, -0.25) is 24.9 Å². The van der Waals surface area contributed by atoms with Crippen LogP contribution in [-0.4, -0.2) is 53.1 Å². The highest BCUT2D eigenvalue weighted by Crippen LogP contribution is 2.12. The summed E-state index contributed by atoms with van der Waals surface area (Å²) in [5.41, 5.74) is 2.05. The third kappa shape index (κ3) is 9.63. The first-order chi connectivity index (χ1) is 11.7. The van der Waals surface area contributed by atoms with Gasteiger partial charge in [-0.25, -0.2) is 4.79 Å². The molecule has 7 heteroatoms. The van der Waals surface area contributed by atoms with E-state index in [2.05, 4.69) is 5.43 Å². The lowest BCUT2D eigenvalue weighted by atomic mass is 10.1. The summed E-state index contributed by atoms with van der Waals surface area (Å²) in [6.45, 7) is 15.3. The molecule has 0 aromatic heterocycles. The van der Waals surface area contributed by atoms with Crippen LogP contribution in [0.4, 0.5) is 4.79 Å². The molecule has 152 valence electrons. The molecular formula is C19H37N3O4. The monoisotopic (exact) mass is 371 g/mol. The molecule has 7 nitrogen and oxygen atoms in total. The van der Waals surface area contributed by atoms with Gasteiger partial charge < -0.3 is 4.74 Å². The average Bonchev–Trinajstić information content (AvgIpc) is 2.47. The zero-order chi connectivity index (χ0) is 20.7. The molecule has 0 aliphatic rings. The molecule has 0 spiro atoms. The lowest BCUT2D eigenvalue weighted by molar-refractivity contribution is -0.145. The van der Waals surface area contributed by atoms with Crippen molar-refractivity contribution in [1.29, 1.82) is 0 Å². The minimum Gasteiger partial charge on any atom is -0.444 e. The Morgan fingerprint density at radius 1 is 1.00 bits per heavy atom. The van der Waals surface area contributed by atoms with Gasteiger partial charge in [0.15, 0.2) is 0 Å². The van der Waals surface area contributed by atoms with Crippen molar-refractivity contribution in [1.82, 2.24) is 15.3 Å². The highest BCUT2D eigenvalue weighted by Gasteiger charge is 2.30. The second-order valence-corrected chi connectivity index (χ2v) is 8.58. The van der Waals surface area contributed by atoms with Crippen LogP contribution in [0.2, 0.25) is 0 Å². The summed E-state index contributed by atoms with van der Waals surface area (Å²) >= 11 is 0. The molecule has 0 aromatic carbocycles. The van der Waals surface area contributed by atoms with Crippen LogP contribution in [0, 0.1) is 11.8 Å². The Balaban J connectivity index is 5.04. The van der Waals surface area contributed by atoms with Gasteiger partial charge in [-0.15, -0.1) is 0 Å². The summed E-state index contributed by atoms with van der Waals surface area (Å²) in [6.07, 6.45) is 0.535. The molecule has 0 aliphatic carbocycles. The Bertz CT molecular complexity index is 484. The molecule has 0 saturated heterocycles. The highest BCUT2D eigenvalue weighted by molar-refractivity contribution is 5.87. The number of nitrogens with one attached hydrogen (secondary N) is 1. The predicted molar refractivity (Wildman–Crippen MR) is 102 cm³/mol. The van der Waals surface area contributed by atoms with Crippen molar-refractivity contribution in [2.24, 2.45) is 11.8 Å². The van der Waals surface area contributed by atoms with Crippen LogP contribution in [0.5, 0.6) is 0 Å². The molecule has 1 N–H and O–H groups in total. The van der Waals surface area contributed by atoms with E-state index in [0.717, 1.165) is 6.42 Å². The van der Waals surface area contributed by atoms with E-state index in [0.29, 0.717) is 18.9 Å². The summed E-state index contributed by atoms with van der Waals surface area (Å²) in [5, 5.41) is 1.32. The molecule has 0 aromatic rings. The van der Waals surface area contributed by atoms with Crippen molar-refractivity contribution in [2.45, 2.75) is 79.9 Å². The van der Waals surface area contributed by atoms with Crippen LogP contribution >= 0.6 is 0 Å². The van der Waals surface area contributed by atoms with Crippen molar-refractivity contribution >= 4 is 17.9 Å². The number of hydrazine groups is 1. The SMILES string of the molecule is CC(C)CCC(=O)NN(CC(C)C)C(=O)[C@H](C)N(C)C(=O)OC(C)(C)C. The molecule has 1 atom stereocenters. The zero-order valence-corrected chi connectivity index (χ0v) is 17.9. The highest BCUT2D eigenvalue weighted by atomic mass is 16.6.